The molecule has 2 aromatic carbocycles. The normalized spacial score (nSPS) is 12.7. The average Bonchev–Trinajstić information content (AvgIpc) is 2.65. The monoisotopic (exact) mass is 358 g/mol. The molecule has 0 saturated heterocycles. The molecule has 7 nitrogen and oxygen atoms in total. The molecule has 2 atom stereocenters. The van der Waals surface area contributed by atoms with Gasteiger partial charge in [-0.3, -0.25) is 4.79 Å². The van der Waals surface area contributed by atoms with E-state index in [1.165, 1.54) is 6.92 Å². The Labute approximate surface area is 151 Å². The van der Waals surface area contributed by atoms with Gasteiger partial charge < -0.3 is 25.6 Å². The van der Waals surface area contributed by atoms with E-state index in [-0.39, 0.29) is 19.1 Å². The van der Waals surface area contributed by atoms with Crippen LogP contribution in [-0.2, 0) is 16.1 Å². The molecule has 0 heterocycles. The maximum atomic E-state index is 11.7. The third kappa shape index (κ3) is 6.19. The molecule has 0 saturated carbocycles. The number of amides is 2. The van der Waals surface area contributed by atoms with Gasteiger partial charge in [-0.25, -0.2) is 4.79 Å². The zero-order valence-electron chi connectivity index (χ0n) is 14.4. The molecule has 0 bridgehead atoms. The molecule has 0 aromatic heterocycles. The van der Waals surface area contributed by atoms with E-state index >= 15 is 0 Å². The molecule has 0 spiro atoms. The highest BCUT2D eigenvalue weighted by Crippen LogP contribution is 2.19. The lowest BCUT2D eigenvalue weighted by molar-refractivity contribution is -0.114. The highest BCUT2D eigenvalue weighted by molar-refractivity contribution is 5.88. The fourth-order valence-corrected chi connectivity index (χ4v) is 2.26. The molecule has 7 heteroatoms. The van der Waals surface area contributed by atoms with E-state index in [1.807, 2.05) is 30.3 Å². The quantitative estimate of drug-likeness (QED) is 0.605. The van der Waals surface area contributed by atoms with E-state index in [0.717, 1.165) is 5.56 Å². The van der Waals surface area contributed by atoms with Gasteiger partial charge in [-0.05, 0) is 23.3 Å². The lowest BCUT2D eigenvalue weighted by Crippen LogP contribution is -2.35. The number of carbonyl (C=O) groups excluding carboxylic acids is 2. The summed E-state index contributed by atoms with van der Waals surface area (Å²) in [5, 5.41) is 25.2. The third-order valence-corrected chi connectivity index (χ3v) is 3.61. The zero-order chi connectivity index (χ0) is 18.9. The summed E-state index contributed by atoms with van der Waals surface area (Å²) >= 11 is 0. The topological polar surface area (TPSA) is 108 Å². The number of carbonyl (C=O) groups is 2. The van der Waals surface area contributed by atoms with Gasteiger partial charge in [0.05, 0.1) is 0 Å². The summed E-state index contributed by atoms with van der Waals surface area (Å²) in [4.78, 5) is 22.6. The smallest absolute Gasteiger partial charge is 0.407 e. The molecule has 26 heavy (non-hydrogen) atoms. The van der Waals surface area contributed by atoms with Crippen LogP contribution in [0.2, 0.25) is 0 Å². The second kappa shape index (κ2) is 9.55. The number of benzene rings is 2. The Morgan fingerprint density at radius 3 is 2.31 bits per heavy atom. The van der Waals surface area contributed by atoms with Crippen LogP contribution in [0.5, 0.6) is 0 Å². The SMILES string of the molecule is CC(=O)Nc1ccc(C(O)C(O)CNC(=O)OCc2ccccc2)cc1. The molecule has 138 valence electrons. The molecular weight excluding hydrogens is 336 g/mol. The number of hydrogen-bond acceptors (Lipinski definition) is 5. The van der Waals surface area contributed by atoms with Gasteiger partial charge in [0.25, 0.3) is 0 Å². The van der Waals surface area contributed by atoms with Gasteiger partial charge in [0, 0.05) is 19.2 Å². The van der Waals surface area contributed by atoms with Crippen LogP contribution in [0.25, 0.3) is 0 Å². The lowest BCUT2D eigenvalue weighted by Gasteiger charge is -2.19. The maximum absolute atomic E-state index is 11.7. The molecule has 0 radical (unpaired) electrons. The number of alkyl carbamates (subject to hydrolysis) is 1. The molecular formula is C19H22N2O5. The first-order valence-electron chi connectivity index (χ1n) is 8.14. The minimum atomic E-state index is -1.20. The molecule has 2 rings (SSSR count). The van der Waals surface area contributed by atoms with E-state index < -0.39 is 18.3 Å². The predicted octanol–water partition coefficient (Wildman–Crippen LogP) is 1.97. The Hall–Kier alpha value is -2.90. The maximum Gasteiger partial charge on any atom is 0.407 e. The van der Waals surface area contributed by atoms with Crippen LogP contribution >= 0.6 is 0 Å². The Morgan fingerprint density at radius 2 is 1.69 bits per heavy atom. The van der Waals surface area contributed by atoms with Gasteiger partial charge in [-0.2, -0.15) is 0 Å². The van der Waals surface area contributed by atoms with Crippen molar-refractivity contribution in [1.29, 1.82) is 0 Å². The van der Waals surface area contributed by atoms with Crippen LogP contribution in [-0.4, -0.2) is 34.9 Å². The van der Waals surface area contributed by atoms with Gasteiger partial charge in [0.1, 0.15) is 18.8 Å². The summed E-state index contributed by atoms with van der Waals surface area (Å²) in [5.41, 5.74) is 1.90. The highest BCUT2D eigenvalue weighted by atomic mass is 16.5. The molecule has 2 aromatic rings. The van der Waals surface area contributed by atoms with Gasteiger partial charge in [0.2, 0.25) is 5.91 Å². The number of hydrogen-bond donors (Lipinski definition) is 4. The summed E-state index contributed by atoms with van der Waals surface area (Å²) in [5.74, 6) is -0.198. The average molecular weight is 358 g/mol. The Morgan fingerprint density at radius 1 is 1.04 bits per heavy atom. The van der Waals surface area contributed by atoms with Crippen molar-refractivity contribution < 1.29 is 24.5 Å². The van der Waals surface area contributed by atoms with E-state index in [9.17, 15) is 19.8 Å². The van der Waals surface area contributed by atoms with E-state index in [0.29, 0.717) is 11.3 Å². The Kier molecular flexibility index (Phi) is 7.13. The van der Waals surface area contributed by atoms with Crippen LogP contribution in [0.1, 0.15) is 24.2 Å². The molecule has 0 aliphatic rings. The summed E-state index contributed by atoms with van der Waals surface area (Å²) in [6, 6.07) is 15.6. The second-order valence-electron chi connectivity index (χ2n) is 5.76. The van der Waals surface area contributed by atoms with Crippen LogP contribution in [0.15, 0.2) is 54.6 Å². The van der Waals surface area contributed by atoms with E-state index in [4.69, 9.17) is 4.74 Å². The largest absolute Gasteiger partial charge is 0.445 e. The van der Waals surface area contributed by atoms with Crippen molar-refractivity contribution in [2.45, 2.75) is 25.7 Å². The number of ether oxygens (including phenoxy) is 1. The van der Waals surface area contributed by atoms with Gasteiger partial charge in [0.15, 0.2) is 0 Å². The van der Waals surface area contributed by atoms with Crippen LogP contribution in [0, 0.1) is 0 Å². The summed E-state index contributed by atoms with van der Waals surface area (Å²) < 4.78 is 5.03. The number of nitrogens with one attached hydrogen (secondary N) is 2. The summed E-state index contributed by atoms with van der Waals surface area (Å²) in [7, 11) is 0. The number of anilines is 1. The van der Waals surface area contributed by atoms with Gasteiger partial charge in [-0.15, -0.1) is 0 Å². The second-order valence-corrected chi connectivity index (χ2v) is 5.76. The van der Waals surface area contributed by atoms with Crippen LogP contribution in [0.4, 0.5) is 10.5 Å². The first kappa shape index (κ1) is 19.4. The Balaban J connectivity index is 1.78. The zero-order valence-corrected chi connectivity index (χ0v) is 14.4. The van der Waals surface area contributed by atoms with Crippen molar-refractivity contribution in [2.24, 2.45) is 0 Å². The molecule has 0 aliphatic carbocycles. The first-order chi connectivity index (χ1) is 12.5. The standard InChI is InChI=1S/C19H22N2O5/c1-13(22)21-16-9-7-15(8-10-16)18(24)17(23)11-20-19(25)26-12-14-5-3-2-4-6-14/h2-10,17-18,23-24H,11-12H2,1H3,(H,20,25)(H,21,22). The van der Waals surface area contributed by atoms with Gasteiger partial charge in [-0.1, -0.05) is 42.5 Å². The van der Waals surface area contributed by atoms with Crippen molar-refractivity contribution >= 4 is 17.7 Å². The van der Waals surface area contributed by atoms with E-state index in [2.05, 4.69) is 10.6 Å². The fourth-order valence-electron chi connectivity index (χ4n) is 2.26. The van der Waals surface area contributed by atoms with E-state index in [1.54, 1.807) is 24.3 Å². The minimum Gasteiger partial charge on any atom is -0.445 e. The molecule has 0 aliphatic heterocycles. The highest BCUT2D eigenvalue weighted by Gasteiger charge is 2.19. The van der Waals surface area contributed by atoms with Crippen LogP contribution < -0.4 is 10.6 Å². The number of aliphatic hydroxyl groups is 2. The Bertz CT molecular complexity index is 718. The lowest BCUT2D eigenvalue weighted by atomic mass is 10.0. The summed E-state index contributed by atoms with van der Waals surface area (Å²) in [6.07, 6.45) is -3.07. The third-order valence-electron chi connectivity index (χ3n) is 3.61. The minimum absolute atomic E-state index is 0.121. The fraction of sp³-hybridized carbons (Fsp3) is 0.263. The van der Waals surface area contributed by atoms with Crippen LogP contribution in [0.3, 0.4) is 0 Å². The molecule has 4 N–H and O–H groups in total. The van der Waals surface area contributed by atoms with Crippen molar-refractivity contribution in [2.75, 3.05) is 11.9 Å². The first-order valence-corrected chi connectivity index (χ1v) is 8.14. The molecule has 0 fully saturated rings. The van der Waals surface area contributed by atoms with Crippen molar-refractivity contribution in [3.8, 4) is 0 Å². The molecule has 2 amide bonds. The number of rotatable bonds is 7. The van der Waals surface area contributed by atoms with Crippen molar-refractivity contribution in [3.05, 3.63) is 65.7 Å². The van der Waals surface area contributed by atoms with Crippen molar-refractivity contribution in [3.63, 3.8) is 0 Å². The van der Waals surface area contributed by atoms with Gasteiger partial charge >= 0.3 is 6.09 Å². The number of aliphatic hydroxyl groups excluding tert-OH is 2. The molecule has 2 unspecified atom stereocenters. The predicted molar refractivity (Wildman–Crippen MR) is 96.3 cm³/mol. The van der Waals surface area contributed by atoms with Crippen molar-refractivity contribution in [1.82, 2.24) is 5.32 Å². The summed E-state index contributed by atoms with van der Waals surface area (Å²) in [6.45, 7) is 1.35.